The van der Waals surface area contributed by atoms with Crippen LogP contribution >= 0.6 is 0 Å². The number of nitrogens with zero attached hydrogens (tertiary/aromatic N) is 1. The van der Waals surface area contributed by atoms with Crippen molar-refractivity contribution in [3.63, 3.8) is 0 Å². The summed E-state index contributed by atoms with van der Waals surface area (Å²) in [7, 11) is 1.60. The van der Waals surface area contributed by atoms with E-state index in [-0.39, 0.29) is 30.9 Å². The van der Waals surface area contributed by atoms with E-state index in [2.05, 4.69) is 10.6 Å². The summed E-state index contributed by atoms with van der Waals surface area (Å²) in [6.07, 6.45) is 0.826. The molecule has 1 saturated heterocycles. The van der Waals surface area contributed by atoms with Crippen LogP contribution in [0.5, 0.6) is 0 Å². The van der Waals surface area contributed by atoms with Crippen molar-refractivity contribution in [3.8, 4) is 0 Å². The first-order valence-corrected chi connectivity index (χ1v) is 5.48. The molecular formula is C10H19N3O3. The molecule has 1 rings (SSSR count). The number of likely N-dealkylation sites (N-methyl/N-ethyl adjacent to an activating group) is 1. The van der Waals surface area contributed by atoms with Gasteiger partial charge in [0.2, 0.25) is 11.8 Å². The van der Waals surface area contributed by atoms with Crippen molar-refractivity contribution in [2.75, 3.05) is 39.8 Å². The molecule has 16 heavy (non-hydrogen) atoms. The molecule has 6 nitrogen and oxygen atoms in total. The van der Waals surface area contributed by atoms with Gasteiger partial charge in [-0.3, -0.25) is 9.59 Å². The zero-order chi connectivity index (χ0) is 12.0. The lowest BCUT2D eigenvalue weighted by Crippen LogP contribution is -2.41. The molecule has 2 amide bonds. The van der Waals surface area contributed by atoms with Gasteiger partial charge in [-0.15, -0.1) is 0 Å². The summed E-state index contributed by atoms with van der Waals surface area (Å²) in [6.45, 7) is 1.78. The highest BCUT2D eigenvalue weighted by molar-refractivity contribution is 5.85. The van der Waals surface area contributed by atoms with E-state index in [0.717, 1.165) is 13.0 Å². The van der Waals surface area contributed by atoms with Gasteiger partial charge in [-0.25, -0.2) is 0 Å². The maximum Gasteiger partial charge on any atom is 0.241 e. The number of aliphatic hydroxyl groups is 1. The minimum Gasteiger partial charge on any atom is -0.395 e. The van der Waals surface area contributed by atoms with Gasteiger partial charge in [-0.1, -0.05) is 0 Å². The van der Waals surface area contributed by atoms with Crippen molar-refractivity contribution in [2.45, 2.75) is 6.42 Å². The Balaban J connectivity index is 2.22. The number of nitrogens with one attached hydrogen (secondary N) is 2. The first-order valence-electron chi connectivity index (χ1n) is 5.48. The van der Waals surface area contributed by atoms with Crippen molar-refractivity contribution < 1.29 is 14.7 Å². The number of rotatable bonds is 5. The first kappa shape index (κ1) is 12.9. The molecule has 1 aliphatic rings. The molecule has 92 valence electrons. The molecule has 6 heteroatoms. The molecule has 1 atom stereocenters. The average molecular weight is 229 g/mol. The molecule has 1 unspecified atom stereocenters. The normalized spacial score (nSPS) is 19.5. The van der Waals surface area contributed by atoms with Crippen LogP contribution in [0.15, 0.2) is 0 Å². The number of hydrogen-bond donors (Lipinski definition) is 3. The smallest absolute Gasteiger partial charge is 0.241 e. The van der Waals surface area contributed by atoms with Crippen molar-refractivity contribution in [2.24, 2.45) is 5.92 Å². The lowest BCUT2D eigenvalue weighted by Gasteiger charge is -2.16. The Morgan fingerprint density at radius 3 is 2.88 bits per heavy atom. The molecule has 0 aromatic carbocycles. The predicted molar refractivity (Wildman–Crippen MR) is 58.7 cm³/mol. The number of amides is 2. The highest BCUT2D eigenvalue weighted by Gasteiger charge is 2.22. The molecular weight excluding hydrogens is 210 g/mol. The van der Waals surface area contributed by atoms with Gasteiger partial charge in [-0.2, -0.15) is 0 Å². The second kappa shape index (κ2) is 6.44. The highest BCUT2D eigenvalue weighted by atomic mass is 16.3. The summed E-state index contributed by atoms with van der Waals surface area (Å²) >= 11 is 0. The fourth-order valence-electron chi connectivity index (χ4n) is 1.60. The van der Waals surface area contributed by atoms with Crippen LogP contribution in [0.25, 0.3) is 0 Å². The third kappa shape index (κ3) is 3.79. The van der Waals surface area contributed by atoms with Gasteiger partial charge in [0.25, 0.3) is 0 Å². The highest BCUT2D eigenvalue weighted by Crippen LogP contribution is 2.06. The number of hydrogen-bond acceptors (Lipinski definition) is 4. The summed E-state index contributed by atoms with van der Waals surface area (Å²) in [5.74, 6) is -0.278. The van der Waals surface area contributed by atoms with Crippen molar-refractivity contribution >= 4 is 11.8 Å². The fourth-order valence-corrected chi connectivity index (χ4v) is 1.60. The maximum atomic E-state index is 11.6. The van der Waals surface area contributed by atoms with Crippen LogP contribution in [-0.2, 0) is 9.59 Å². The maximum absolute atomic E-state index is 11.6. The Bertz CT molecular complexity index is 252. The molecule has 0 aliphatic carbocycles. The second-order valence-electron chi connectivity index (χ2n) is 3.95. The van der Waals surface area contributed by atoms with Gasteiger partial charge in [0.05, 0.1) is 19.1 Å². The van der Waals surface area contributed by atoms with Crippen LogP contribution in [0.2, 0.25) is 0 Å². The minimum atomic E-state index is -0.187. The van der Waals surface area contributed by atoms with Crippen LogP contribution in [0.1, 0.15) is 6.42 Å². The molecule has 0 saturated carbocycles. The van der Waals surface area contributed by atoms with Crippen LogP contribution in [0, 0.1) is 5.92 Å². The Morgan fingerprint density at radius 2 is 2.31 bits per heavy atom. The van der Waals surface area contributed by atoms with Gasteiger partial charge in [0, 0.05) is 20.1 Å². The van der Waals surface area contributed by atoms with Gasteiger partial charge in [0.1, 0.15) is 0 Å². The molecule has 3 N–H and O–H groups in total. The summed E-state index contributed by atoms with van der Waals surface area (Å²) in [5, 5.41) is 14.4. The fraction of sp³-hybridized carbons (Fsp3) is 0.800. The molecule has 1 heterocycles. The third-order valence-corrected chi connectivity index (χ3v) is 2.71. The van der Waals surface area contributed by atoms with E-state index < -0.39 is 0 Å². The first-order chi connectivity index (χ1) is 7.65. The van der Waals surface area contributed by atoms with E-state index in [1.54, 1.807) is 7.05 Å². The lowest BCUT2D eigenvalue weighted by molar-refractivity contribution is -0.133. The Morgan fingerprint density at radius 1 is 1.56 bits per heavy atom. The van der Waals surface area contributed by atoms with Gasteiger partial charge in [0.15, 0.2) is 0 Å². The molecule has 0 spiro atoms. The number of carbonyl (C=O) groups is 2. The minimum absolute atomic E-state index is 0.00579. The van der Waals surface area contributed by atoms with E-state index in [1.807, 2.05) is 0 Å². The molecule has 0 radical (unpaired) electrons. The Hall–Kier alpha value is -1.14. The quantitative estimate of drug-likeness (QED) is 0.517. The topological polar surface area (TPSA) is 81.7 Å². The van der Waals surface area contributed by atoms with E-state index in [4.69, 9.17) is 5.11 Å². The van der Waals surface area contributed by atoms with E-state index in [1.165, 1.54) is 4.90 Å². The van der Waals surface area contributed by atoms with Crippen LogP contribution in [0.3, 0.4) is 0 Å². The van der Waals surface area contributed by atoms with Crippen molar-refractivity contribution in [3.05, 3.63) is 0 Å². The van der Waals surface area contributed by atoms with E-state index >= 15 is 0 Å². The molecule has 0 aromatic rings. The second-order valence-corrected chi connectivity index (χ2v) is 3.95. The molecule has 0 aromatic heterocycles. The average Bonchev–Trinajstić information content (AvgIpc) is 2.79. The monoisotopic (exact) mass is 229 g/mol. The third-order valence-electron chi connectivity index (χ3n) is 2.71. The zero-order valence-electron chi connectivity index (χ0n) is 9.53. The van der Waals surface area contributed by atoms with Crippen LogP contribution < -0.4 is 10.6 Å². The Kier molecular flexibility index (Phi) is 5.21. The van der Waals surface area contributed by atoms with Gasteiger partial charge < -0.3 is 20.6 Å². The standard InChI is InChI=1S/C10H19N3O3/c1-13(4-5-14)9(15)7-12-10(16)8-2-3-11-6-8/h8,11,14H,2-7H2,1H3,(H,12,16). The lowest BCUT2D eigenvalue weighted by atomic mass is 10.1. The summed E-state index contributed by atoms with van der Waals surface area (Å²) in [5.41, 5.74) is 0. The van der Waals surface area contributed by atoms with Crippen molar-refractivity contribution in [1.29, 1.82) is 0 Å². The summed E-state index contributed by atoms with van der Waals surface area (Å²) < 4.78 is 0. The Labute approximate surface area is 95.0 Å². The van der Waals surface area contributed by atoms with E-state index in [9.17, 15) is 9.59 Å². The predicted octanol–water partition coefficient (Wildman–Crippen LogP) is -1.84. The molecule has 0 bridgehead atoms. The van der Waals surface area contributed by atoms with Gasteiger partial charge in [-0.05, 0) is 13.0 Å². The summed E-state index contributed by atoms with van der Waals surface area (Å²) in [4.78, 5) is 24.4. The molecule has 1 fully saturated rings. The van der Waals surface area contributed by atoms with Crippen molar-refractivity contribution in [1.82, 2.24) is 15.5 Å². The number of aliphatic hydroxyl groups excluding tert-OH is 1. The van der Waals surface area contributed by atoms with Gasteiger partial charge >= 0.3 is 0 Å². The zero-order valence-corrected chi connectivity index (χ0v) is 9.53. The van der Waals surface area contributed by atoms with E-state index in [0.29, 0.717) is 13.1 Å². The summed E-state index contributed by atoms with van der Waals surface area (Å²) in [6, 6.07) is 0. The van der Waals surface area contributed by atoms with Crippen LogP contribution in [-0.4, -0.2) is 61.7 Å². The molecule has 1 aliphatic heterocycles. The van der Waals surface area contributed by atoms with Crippen LogP contribution in [0.4, 0.5) is 0 Å². The SMILES string of the molecule is CN(CCO)C(=O)CNC(=O)C1CCNC1. The number of carbonyl (C=O) groups excluding carboxylic acids is 2. The largest absolute Gasteiger partial charge is 0.395 e.